The molecule has 1 aliphatic heterocycles. The van der Waals surface area contributed by atoms with Crippen molar-refractivity contribution < 1.29 is 22.7 Å². The summed E-state index contributed by atoms with van der Waals surface area (Å²) < 4.78 is 34.5. The van der Waals surface area contributed by atoms with E-state index in [0.29, 0.717) is 31.1 Å². The first-order valence-corrected chi connectivity index (χ1v) is 11.0. The van der Waals surface area contributed by atoms with Crippen LogP contribution in [0.1, 0.15) is 45.7 Å². The van der Waals surface area contributed by atoms with Crippen LogP contribution in [-0.2, 0) is 14.6 Å². The van der Waals surface area contributed by atoms with Gasteiger partial charge in [-0.3, -0.25) is 4.79 Å². The Hall–Kier alpha value is -1.76. The Balaban J connectivity index is 2.21. The van der Waals surface area contributed by atoms with E-state index in [1.54, 1.807) is 0 Å². The number of rotatable bonds is 8. The van der Waals surface area contributed by atoms with Crippen LogP contribution in [0.15, 0.2) is 18.2 Å². The molecule has 0 radical (unpaired) electrons. The summed E-state index contributed by atoms with van der Waals surface area (Å²) in [4.78, 5) is 12.6. The molecule has 2 atom stereocenters. The largest absolute Gasteiger partial charge is 0.490 e. The molecule has 0 bridgehead atoms. The topological polar surface area (TPSA) is 81.7 Å². The number of benzene rings is 1. The van der Waals surface area contributed by atoms with Gasteiger partial charge in [-0.05, 0) is 43.9 Å². The number of amides is 1. The summed E-state index contributed by atoms with van der Waals surface area (Å²) >= 11 is 0. The minimum Gasteiger partial charge on any atom is -0.490 e. The van der Waals surface area contributed by atoms with Crippen LogP contribution in [0.2, 0.25) is 0 Å². The molecule has 1 saturated heterocycles. The van der Waals surface area contributed by atoms with Crippen molar-refractivity contribution in [2.75, 3.05) is 24.7 Å². The minimum atomic E-state index is -3.08. The molecular formula is C19H29NO5S. The van der Waals surface area contributed by atoms with Gasteiger partial charge in [0.05, 0.1) is 36.7 Å². The number of nitrogens with one attached hydrogen (secondary N) is 1. The quantitative estimate of drug-likeness (QED) is 0.746. The van der Waals surface area contributed by atoms with Crippen molar-refractivity contribution in [2.24, 2.45) is 11.8 Å². The van der Waals surface area contributed by atoms with Crippen LogP contribution in [-0.4, -0.2) is 39.0 Å². The van der Waals surface area contributed by atoms with Gasteiger partial charge in [0.2, 0.25) is 5.91 Å². The number of hydrogen-bond donors (Lipinski definition) is 1. The lowest BCUT2D eigenvalue weighted by Crippen LogP contribution is -2.36. The summed E-state index contributed by atoms with van der Waals surface area (Å²) in [6.07, 6.45) is 0.395. The fourth-order valence-electron chi connectivity index (χ4n) is 3.17. The first-order valence-electron chi connectivity index (χ1n) is 9.17. The smallest absolute Gasteiger partial charge is 0.224 e. The van der Waals surface area contributed by atoms with E-state index in [4.69, 9.17) is 9.47 Å². The summed E-state index contributed by atoms with van der Waals surface area (Å²) in [5.74, 6) is 0.840. The Morgan fingerprint density at radius 3 is 2.38 bits per heavy atom. The van der Waals surface area contributed by atoms with Gasteiger partial charge in [-0.1, -0.05) is 19.9 Å². The normalized spacial score (nSPS) is 20.0. The van der Waals surface area contributed by atoms with Gasteiger partial charge >= 0.3 is 0 Å². The highest BCUT2D eigenvalue weighted by Gasteiger charge is 2.34. The van der Waals surface area contributed by atoms with Crippen molar-refractivity contribution in [2.45, 2.75) is 40.2 Å². The van der Waals surface area contributed by atoms with Crippen LogP contribution >= 0.6 is 0 Å². The lowest BCUT2D eigenvalue weighted by Gasteiger charge is -2.25. The summed E-state index contributed by atoms with van der Waals surface area (Å²) in [5, 5.41) is 3.03. The fourth-order valence-corrected chi connectivity index (χ4v) is 4.91. The zero-order valence-electron chi connectivity index (χ0n) is 15.9. The minimum absolute atomic E-state index is 0.0584. The third-order valence-corrected chi connectivity index (χ3v) is 6.26. The predicted molar refractivity (Wildman–Crippen MR) is 101 cm³/mol. The first-order chi connectivity index (χ1) is 12.3. The molecule has 0 aromatic heterocycles. The number of carbonyl (C=O) groups is 1. The number of carbonyl (C=O) groups excluding carboxylic acids is 1. The van der Waals surface area contributed by atoms with Crippen molar-refractivity contribution in [1.82, 2.24) is 5.32 Å². The van der Waals surface area contributed by atoms with Gasteiger partial charge in [0, 0.05) is 0 Å². The number of hydrogen-bond acceptors (Lipinski definition) is 5. The molecule has 0 saturated carbocycles. The van der Waals surface area contributed by atoms with E-state index >= 15 is 0 Å². The average Bonchev–Trinajstić information content (AvgIpc) is 2.94. The molecule has 0 aliphatic carbocycles. The average molecular weight is 384 g/mol. The highest BCUT2D eigenvalue weighted by atomic mass is 32.2. The standard InChI is InChI=1S/C19H29NO5S/c1-5-24-16-8-7-14(11-17(16)25-6-2)18(13(3)4)20-19(21)15-9-10-26(22,23)12-15/h7-8,11,13,15,18H,5-6,9-10,12H2,1-4H3,(H,20,21)/t15-,18-/m0/s1. The van der Waals surface area contributed by atoms with E-state index in [2.05, 4.69) is 5.32 Å². The molecular weight excluding hydrogens is 354 g/mol. The SMILES string of the molecule is CCOc1ccc([C@@H](NC(=O)[C@H]2CCS(=O)(=O)C2)C(C)C)cc1OCC. The zero-order chi connectivity index (χ0) is 19.3. The Morgan fingerprint density at radius 1 is 1.19 bits per heavy atom. The van der Waals surface area contributed by atoms with Crippen molar-refractivity contribution in [3.8, 4) is 11.5 Å². The molecule has 2 rings (SSSR count). The molecule has 1 aromatic rings. The van der Waals surface area contributed by atoms with Gasteiger partial charge in [-0.2, -0.15) is 0 Å². The first kappa shape index (κ1) is 20.6. The highest BCUT2D eigenvalue weighted by Crippen LogP contribution is 2.33. The van der Waals surface area contributed by atoms with E-state index in [9.17, 15) is 13.2 Å². The third kappa shape index (κ3) is 5.13. The molecule has 1 aromatic carbocycles. The molecule has 6 nitrogen and oxygen atoms in total. The highest BCUT2D eigenvalue weighted by molar-refractivity contribution is 7.91. The predicted octanol–water partition coefficient (Wildman–Crippen LogP) is 2.73. The maximum absolute atomic E-state index is 12.6. The summed E-state index contributed by atoms with van der Waals surface area (Å²) in [6, 6.07) is 5.45. The molecule has 1 fully saturated rings. The summed E-state index contributed by atoms with van der Waals surface area (Å²) in [7, 11) is -3.08. The molecule has 26 heavy (non-hydrogen) atoms. The van der Waals surface area contributed by atoms with Gasteiger partial charge < -0.3 is 14.8 Å². The fraction of sp³-hybridized carbons (Fsp3) is 0.632. The van der Waals surface area contributed by atoms with E-state index in [-0.39, 0.29) is 29.4 Å². The lowest BCUT2D eigenvalue weighted by atomic mass is 9.94. The van der Waals surface area contributed by atoms with Crippen LogP contribution in [0, 0.1) is 11.8 Å². The van der Waals surface area contributed by atoms with E-state index in [1.165, 1.54) is 0 Å². The van der Waals surface area contributed by atoms with Gasteiger partial charge in [0.15, 0.2) is 21.3 Å². The van der Waals surface area contributed by atoms with Crippen LogP contribution in [0.5, 0.6) is 11.5 Å². The van der Waals surface area contributed by atoms with E-state index < -0.39 is 15.8 Å². The Labute approximate surface area is 156 Å². The second-order valence-corrected chi connectivity index (χ2v) is 9.13. The van der Waals surface area contributed by atoms with Crippen LogP contribution < -0.4 is 14.8 Å². The van der Waals surface area contributed by atoms with E-state index in [1.807, 2.05) is 45.9 Å². The van der Waals surface area contributed by atoms with Crippen molar-refractivity contribution in [3.63, 3.8) is 0 Å². The number of sulfone groups is 1. The van der Waals surface area contributed by atoms with Gasteiger partial charge in [-0.25, -0.2) is 8.42 Å². The maximum Gasteiger partial charge on any atom is 0.224 e. The maximum atomic E-state index is 12.6. The van der Waals surface area contributed by atoms with Gasteiger partial charge in [0.25, 0.3) is 0 Å². The molecule has 7 heteroatoms. The van der Waals surface area contributed by atoms with Crippen molar-refractivity contribution in [1.29, 1.82) is 0 Å². The van der Waals surface area contributed by atoms with E-state index in [0.717, 1.165) is 5.56 Å². The molecule has 0 unspecified atom stereocenters. The van der Waals surface area contributed by atoms with Gasteiger partial charge in [0.1, 0.15) is 0 Å². The summed E-state index contributed by atoms with van der Waals surface area (Å²) in [5.41, 5.74) is 0.918. The Kier molecular flexibility index (Phi) is 6.92. The molecule has 1 aliphatic rings. The summed E-state index contributed by atoms with van der Waals surface area (Å²) in [6.45, 7) is 8.92. The molecule has 0 spiro atoms. The number of ether oxygens (including phenoxy) is 2. The van der Waals surface area contributed by atoms with Crippen LogP contribution in [0.25, 0.3) is 0 Å². The monoisotopic (exact) mass is 383 g/mol. The molecule has 1 amide bonds. The Morgan fingerprint density at radius 2 is 1.85 bits per heavy atom. The van der Waals surface area contributed by atoms with Crippen molar-refractivity contribution >= 4 is 15.7 Å². The van der Waals surface area contributed by atoms with Crippen LogP contribution in [0.4, 0.5) is 0 Å². The molecule has 1 heterocycles. The van der Waals surface area contributed by atoms with Gasteiger partial charge in [-0.15, -0.1) is 0 Å². The molecule has 1 N–H and O–H groups in total. The van der Waals surface area contributed by atoms with Crippen molar-refractivity contribution in [3.05, 3.63) is 23.8 Å². The second-order valence-electron chi connectivity index (χ2n) is 6.90. The third-order valence-electron chi connectivity index (χ3n) is 4.49. The molecule has 146 valence electrons. The van der Waals surface area contributed by atoms with Crippen LogP contribution in [0.3, 0.4) is 0 Å². The lowest BCUT2D eigenvalue weighted by molar-refractivity contribution is -0.125. The Bertz CT molecular complexity index is 729. The zero-order valence-corrected chi connectivity index (χ0v) is 16.8. The second kappa shape index (κ2) is 8.75.